The van der Waals surface area contributed by atoms with Gasteiger partial charge in [-0.2, -0.15) is 0 Å². The maximum atomic E-state index is 11.4. The summed E-state index contributed by atoms with van der Waals surface area (Å²) in [5.74, 6) is -0.245. The summed E-state index contributed by atoms with van der Waals surface area (Å²) in [6, 6.07) is -0.316. The minimum atomic E-state index is -0.408. The highest BCUT2D eigenvalue weighted by molar-refractivity contribution is 5.76. The lowest BCUT2D eigenvalue weighted by atomic mass is 10.2. The number of carbonyl (C=O) groups excluding carboxylic acids is 1. The van der Waals surface area contributed by atoms with Gasteiger partial charge in [0.25, 0.3) is 0 Å². The van der Waals surface area contributed by atoms with Gasteiger partial charge in [0.15, 0.2) is 0 Å². The lowest BCUT2D eigenvalue weighted by Gasteiger charge is -2.14. The van der Waals surface area contributed by atoms with Crippen LogP contribution >= 0.6 is 0 Å². The lowest BCUT2D eigenvalue weighted by molar-refractivity contribution is -0.150. The molecule has 4 heteroatoms. The zero-order valence-corrected chi connectivity index (χ0v) is 8.12. The molecule has 76 valence electrons. The number of hydrogen-bond acceptors (Lipinski definition) is 4. The van der Waals surface area contributed by atoms with E-state index in [0.717, 1.165) is 6.42 Å². The summed E-state index contributed by atoms with van der Waals surface area (Å²) < 4.78 is 5.12. The average molecular weight is 187 g/mol. The summed E-state index contributed by atoms with van der Waals surface area (Å²) in [4.78, 5) is 11.4. The highest BCUT2D eigenvalue weighted by Crippen LogP contribution is 2.09. The SMILES string of the molecule is CCC(C)OC(=O)[C@@H]1CC(O)CN1. The number of hydrogen-bond donors (Lipinski definition) is 2. The molecule has 1 fully saturated rings. The number of nitrogens with one attached hydrogen (secondary N) is 1. The van der Waals surface area contributed by atoms with Crippen molar-refractivity contribution in [3.05, 3.63) is 0 Å². The number of ether oxygens (including phenoxy) is 1. The molecule has 1 rings (SSSR count). The molecule has 0 aromatic carbocycles. The van der Waals surface area contributed by atoms with Crippen LogP contribution in [0, 0.1) is 0 Å². The molecule has 1 heterocycles. The maximum Gasteiger partial charge on any atom is 0.323 e. The molecule has 4 nitrogen and oxygen atoms in total. The quantitative estimate of drug-likeness (QED) is 0.613. The molecule has 0 aromatic rings. The predicted molar refractivity (Wildman–Crippen MR) is 48.3 cm³/mol. The first-order valence-electron chi connectivity index (χ1n) is 4.75. The standard InChI is InChI=1S/C9H17NO3/c1-3-6(2)13-9(12)8-4-7(11)5-10-8/h6-8,10-11H,3-5H2,1-2H3/t6?,7?,8-/m0/s1. The lowest BCUT2D eigenvalue weighted by Crippen LogP contribution is -2.34. The van der Waals surface area contributed by atoms with Gasteiger partial charge in [-0.3, -0.25) is 4.79 Å². The fourth-order valence-electron chi connectivity index (χ4n) is 1.26. The first-order valence-corrected chi connectivity index (χ1v) is 4.75. The van der Waals surface area contributed by atoms with Crippen LogP contribution in [0.4, 0.5) is 0 Å². The molecule has 1 saturated heterocycles. The minimum absolute atomic E-state index is 0.0351. The number of aliphatic hydroxyl groups is 1. The van der Waals surface area contributed by atoms with Gasteiger partial charge in [-0.25, -0.2) is 0 Å². The summed E-state index contributed by atoms with van der Waals surface area (Å²) >= 11 is 0. The number of carbonyl (C=O) groups is 1. The Hall–Kier alpha value is -0.610. The molecule has 3 atom stereocenters. The number of esters is 1. The van der Waals surface area contributed by atoms with Crippen molar-refractivity contribution in [2.45, 2.75) is 44.9 Å². The Morgan fingerprint density at radius 3 is 2.92 bits per heavy atom. The van der Waals surface area contributed by atoms with Crippen molar-refractivity contribution in [3.63, 3.8) is 0 Å². The molecule has 0 bridgehead atoms. The number of aliphatic hydroxyl groups excluding tert-OH is 1. The van der Waals surface area contributed by atoms with E-state index in [2.05, 4.69) is 5.32 Å². The molecule has 0 saturated carbocycles. The predicted octanol–water partition coefficient (Wildman–Crippen LogP) is 0.0509. The van der Waals surface area contributed by atoms with Crippen LogP contribution in [0.15, 0.2) is 0 Å². The van der Waals surface area contributed by atoms with Gasteiger partial charge >= 0.3 is 5.97 Å². The van der Waals surface area contributed by atoms with E-state index in [4.69, 9.17) is 9.84 Å². The summed E-state index contributed by atoms with van der Waals surface area (Å²) in [5.41, 5.74) is 0. The van der Waals surface area contributed by atoms with Crippen molar-refractivity contribution >= 4 is 5.97 Å². The third-order valence-corrected chi connectivity index (χ3v) is 2.28. The van der Waals surface area contributed by atoms with Gasteiger partial charge in [-0.15, -0.1) is 0 Å². The third-order valence-electron chi connectivity index (χ3n) is 2.28. The first-order chi connectivity index (χ1) is 6.13. The summed E-state index contributed by atoms with van der Waals surface area (Å²) in [6.07, 6.45) is 0.845. The van der Waals surface area contributed by atoms with E-state index in [0.29, 0.717) is 13.0 Å². The van der Waals surface area contributed by atoms with Crippen LogP contribution in [-0.2, 0) is 9.53 Å². The van der Waals surface area contributed by atoms with Gasteiger partial charge in [0.2, 0.25) is 0 Å². The Morgan fingerprint density at radius 1 is 1.77 bits per heavy atom. The average Bonchev–Trinajstić information content (AvgIpc) is 2.51. The smallest absolute Gasteiger partial charge is 0.323 e. The van der Waals surface area contributed by atoms with Crippen LogP contribution in [-0.4, -0.2) is 35.9 Å². The molecular weight excluding hydrogens is 170 g/mol. The van der Waals surface area contributed by atoms with Crippen LogP contribution in [0.2, 0.25) is 0 Å². The Labute approximate surface area is 78.3 Å². The topological polar surface area (TPSA) is 58.6 Å². The van der Waals surface area contributed by atoms with E-state index in [9.17, 15) is 4.79 Å². The summed E-state index contributed by atoms with van der Waals surface area (Å²) in [6.45, 7) is 4.32. The highest BCUT2D eigenvalue weighted by atomic mass is 16.5. The molecule has 0 radical (unpaired) electrons. The van der Waals surface area contributed by atoms with Crippen LogP contribution in [0.3, 0.4) is 0 Å². The van der Waals surface area contributed by atoms with Crippen LogP contribution in [0.25, 0.3) is 0 Å². The van der Waals surface area contributed by atoms with E-state index in [1.54, 1.807) is 0 Å². The molecule has 1 aliphatic rings. The van der Waals surface area contributed by atoms with E-state index in [1.165, 1.54) is 0 Å². The van der Waals surface area contributed by atoms with Crippen molar-refractivity contribution in [2.24, 2.45) is 0 Å². The minimum Gasteiger partial charge on any atom is -0.462 e. The fourth-order valence-corrected chi connectivity index (χ4v) is 1.26. The van der Waals surface area contributed by atoms with Gasteiger partial charge in [0.05, 0.1) is 12.2 Å². The van der Waals surface area contributed by atoms with Crippen molar-refractivity contribution in [3.8, 4) is 0 Å². The van der Waals surface area contributed by atoms with E-state index in [1.807, 2.05) is 13.8 Å². The molecule has 2 unspecified atom stereocenters. The van der Waals surface area contributed by atoms with Crippen molar-refractivity contribution in [2.75, 3.05) is 6.54 Å². The molecular formula is C9H17NO3. The van der Waals surface area contributed by atoms with E-state index < -0.39 is 6.10 Å². The largest absolute Gasteiger partial charge is 0.462 e. The second-order valence-electron chi connectivity index (χ2n) is 3.51. The van der Waals surface area contributed by atoms with E-state index in [-0.39, 0.29) is 18.1 Å². The normalized spacial score (nSPS) is 30.1. The zero-order chi connectivity index (χ0) is 9.84. The Balaban J connectivity index is 2.31. The van der Waals surface area contributed by atoms with Crippen molar-refractivity contribution < 1.29 is 14.6 Å². The summed E-state index contributed by atoms with van der Waals surface area (Å²) in [5, 5.41) is 12.1. The van der Waals surface area contributed by atoms with Crippen molar-refractivity contribution in [1.82, 2.24) is 5.32 Å². The third kappa shape index (κ3) is 2.97. The van der Waals surface area contributed by atoms with Gasteiger partial charge in [0.1, 0.15) is 6.04 Å². The van der Waals surface area contributed by atoms with Crippen LogP contribution < -0.4 is 5.32 Å². The molecule has 13 heavy (non-hydrogen) atoms. The molecule has 0 amide bonds. The van der Waals surface area contributed by atoms with Crippen LogP contribution in [0.1, 0.15) is 26.7 Å². The van der Waals surface area contributed by atoms with E-state index >= 15 is 0 Å². The van der Waals surface area contributed by atoms with Gasteiger partial charge < -0.3 is 15.2 Å². The molecule has 0 spiro atoms. The Kier molecular flexibility index (Phi) is 3.69. The maximum absolute atomic E-state index is 11.4. The fraction of sp³-hybridized carbons (Fsp3) is 0.889. The second kappa shape index (κ2) is 4.58. The zero-order valence-electron chi connectivity index (χ0n) is 8.12. The monoisotopic (exact) mass is 187 g/mol. The molecule has 0 aliphatic carbocycles. The van der Waals surface area contributed by atoms with Crippen molar-refractivity contribution in [1.29, 1.82) is 0 Å². The Bertz CT molecular complexity index is 184. The Morgan fingerprint density at radius 2 is 2.46 bits per heavy atom. The summed E-state index contributed by atoms with van der Waals surface area (Å²) in [7, 11) is 0. The van der Waals surface area contributed by atoms with Gasteiger partial charge in [-0.05, 0) is 13.3 Å². The molecule has 0 aromatic heterocycles. The highest BCUT2D eigenvalue weighted by Gasteiger charge is 2.29. The molecule has 2 N–H and O–H groups in total. The van der Waals surface area contributed by atoms with Gasteiger partial charge in [0, 0.05) is 13.0 Å². The molecule has 1 aliphatic heterocycles. The number of β-amino-alcohol motifs (C(OH)–C–C–N with tert-alkyl or cyclic N) is 1. The van der Waals surface area contributed by atoms with Gasteiger partial charge in [-0.1, -0.05) is 6.92 Å². The second-order valence-corrected chi connectivity index (χ2v) is 3.51. The number of rotatable bonds is 3. The first kappa shape index (κ1) is 10.5. The van der Waals surface area contributed by atoms with Crippen LogP contribution in [0.5, 0.6) is 0 Å².